The van der Waals surface area contributed by atoms with Crippen LogP contribution in [0.25, 0.3) is 11.1 Å². The van der Waals surface area contributed by atoms with Gasteiger partial charge in [-0.25, -0.2) is 0 Å². The molecule has 0 bridgehead atoms. The van der Waals surface area contributed by atoms with E-state index in [0.29, 0.717) is 63.3 Å². The lowest BCUT2D eigenvalue weighted by atomic mass is 9.93. The van der Waals surface area contributed by atoms with Gasteiger partial charge in [-0.05, 0) is 98.2 Å². The number of nitrogens with one attached hydrogen (secondary N) is 2. The number of hydrogen-bond acceptors (Lipinski definition) is 8. The Morgan fingerprint density at radius 2 is 0.462 bits per heavy atom. The molecule has 10 nitrogen and oxygen atoms in total. The van der Waals surface area contributed by atoms with E-state index >= 15 is 26.3 Å². The minimum Gasteiger partial charge on any atom is -0.490 e. The van der Waals surface area contributed by atoms with Gasteiger partial charge >= 0.3 is 12.4 Å². The van der Waals surface area contributed by atoms with Gasteiger partial charge in [-0.3, -0.25) is 9.59 Å². The molecule has 590 valence electrons. The summed E-state index contributed by atoms with van der Waals surface area (Å²) in [6.45, 7) is 15.3. The third-order valence-electron chi connectivity index (χ3n) is 19.5. The van der Waals surface area contributed by atoms with E-state index in [1.54, 1.807) is 0 Å². The Kier molecular flexibility index (Phi) is 49.2. The molecule has 4 aromatic carbocycles. The van der Waals surface area contributed by atoms with Crippen molar-refractivity contribution < 1.29 is 64.4 Å². The van der Waals surface area contributed by atoms with Crippen molar-refractivity contribution in [3.05, 3.63) is 82.9 Å². The number of amides is 2. The first-order valence-electron chi connectivity index (χ1n) is 41.8. The average molecular weight is 1470 g/mol. The molecule has 2 amide bonds. The third-order valence-corrected chi connectivity index (χ3v) is 19.5. The fourth-order valence-corrected chi connectivity index (χ4v) is 13.2. The molecule has 0 saturated heterocycles. The smallest absolute Gasteiger partial charge is 0.417 e. The summed E-state index contributed by atoms with van der Waals surface area (Å²) in [5, 5.41) is 5.22. The van der Waals surface area contributed by atoms with Crippen molar-refractivity contribution >= 4 is 23.2 Å². The molecule has 0 aliphatic heterocycles. The second-order valence-corrected chi connectivity index (χ2v) is 29.0. The molecule has 0 heterocycles. The van der Waals surface area contributed by atoms with Gasteiger partial charge in [-0.2, -0.15) is 26.3 Å². The molecule has 4 rings (SSSR count). The van der Waals surface area contributed by atoms with Gasteiger partial charge in [0.25, 0.3) is 11.8 Å². The Morgan fingerprint density at radius 3 is 0.663 bits per heavy atom. The van der Waals surface area contributed by atoms with Gasteiger partial charge in [0.2, 0.25) is 11.5 Å². The third kappa shape index (κ3) is 38.6. The number of carbonyl (C=O) groups is 2. The number of carbonyl (C=O) groups excluding carboxylic acids is 2. The summed E-state index contributed by atoms with van der Waals surface area (Å²) in [5.74, 6) is 0.323. The van der Waals surface area contributed by atoms with E-state index in [2.05, 4.69) is 52.2 Å². The van der Waals surface area contributed by atoms with Crippen molar-refractivity contribution in [1.82, 2.24) is 0 Å². The van der Waals surface area contributed by atoms with E-state index in [1.807, 2.05) is 0 Å². The molecule has 0 unspecified atom stereocenters. The van der Waals surface area contributed by atoms with E-state index < -0.39 is 46.4 Å². The quantitative estimate of drug-likeness (QED) is 0.0332. The zero-order valence-electron chi connectivity index (χ0n) is 65.5. The summed E-state index contributed by atoms with van der Waals surface area (Å²) in [7, 11) is 0. The summed E-state index contributed by atoms with van der Waals surface area (Å²) in [5.41, 5.74) is -4.87. The first-order chi connectivity index (χ1) is 50.6. The second-order valence-electron chi connectivity index (χ2n) is 29.0. The second kappa shape index (κ2) is 56.5. The predicted molar refractivity (Wildman–Crippen MR) is 419 cm³/mol. The molecular formula is C88H138F6N2O8. The van der Waals surface area contributed by atoms with E-state index in [-0.39, 0.29) is 45.5 Å². The first kappa shape index (κ1) is 90.6. The van der Waals surface area contributed by atoms with Crippen molar-refractivity contribution in [3.8, 4) is 45.6 Å². The molecule has 0 aliphatic rings. The number of anilines is 2. The topological polar surface area (TPSA) is 114 Å². The molecule has 0 saturated carbocycles. The molecule has 0 fully saturated rings. The van der Waals surface area contributed by atoms with Gasteiger partial charge in [0.1, 0.15) is 0 Å². The van der Waals surface area contributed by atoms with E-state index in [0.717, 1.165) is 178 Å². The van der Waals surface area contributed by atoms with Crippen molar-refractivity contribution in [2.75, 3.05) is 50.3 Å². The molecule has 2 N–H and O–H groups in total. The Balaban J connectivity index is 1.69. The van der Waals surface area contributed by atoms with Crippen LogP contribution in [0.15, 0.2) is 60.7 Å². The van der Waals surface area contributed by atoms with E-state index in [1.165, 1.54) is 178 Å². The fourth-order valence-electron chi connectivity index (χ4n) is 13.2. The maximum absolute atomic E-state index is 15.5. The van der Waals surface area contributed by atoms with Crippen molar-refractivity contribution in [2.45, 2.75) is 362 Å². The average Bonchev–Trinajstić information content (AvgIpc) is 0.769. The van der Waals surface area contributed by atoms with Gasteiger partial charge in [-0.15, -0.1) is 0 Å². The highest BCUT2D eigenvalue weighted by Gasteiger charge is 2.39. The predicted octanol–water partition coefficient (Wildman–Crippen LogP) is 29.0. The first-order valence-corrected chi connectivity index (χ1v) is 41.8. The SMILES string of the molecule is CCCCCCCCCCOc1cc(C(=O)Nc2ccc(-c3ccc(NC(=O)c4cc(OCCCCCCCCCC)c(OCCCCCCCCCC)c(OCCCCCCCCCC)c4)cc3C(F)(F)F)c(C(F)(F)F)c2)cc(OCCCCCCCCCC)c1OCCCCCCCCCC. The summed E-state index contributed by atoms with van der Waals surface area (Å²) in [6.07, 6.45) is 42.1. The van der Waals surface area contributed by atoms with Crippen LogP contribution in [0, 0.1) is 0 Å². The minimum absolute atomic E-state index is 0.0411. The normalized spacial score (nSPS) is 11.7. The zero-order chi connectivity index (χ0) is 75.1. The van der Waals surface area contributed by atoms with Crippen LogP contribution in [0.1, 0.15) is 382 Å². The van der Waals surface area contributed by atoms with Crippen LogP contribution in [-0.2, 0) is 12.4 Å². The number of unbranched alkanes of at least 4 members (excludes halogenated alkanes) is 42. The van der Waals surface area contributed by atoms with Crippen LogP contribution in [-0.4, -0.2) is 51.5 Å². The zero-order valence-corrected chi connectivity index (χ0v) is 65.5. The summed E-state index contributed by atoms with van der Waals surface area (Å²) in [6, 6.07) is 11.6. The molecule has 0 aromatic heterocycles. The van der Waals surface area contributed by atoms with Gasteiger partial charge in [-0.1, -0.05) is 323 Å². The number of benzene rings is 4. The van der Waals surface area contributed by atoms with Crippen molar-refractivity contribution in [2.24, 2.45) is 0 Å². The summed E-state index contributed by atoms with van der Waals surface area (Å²) in [4.78, 5) is 28.9. The van der Waals surface area contributed by atoms with Crippen LogP contribution >= 0.6 is 0 Å². The lowest BCUT2D eigenvalue weighted by Crippen LogP contribution is -2.16. The number of ether oxygens (including phenoxy) is 6. The largest absolute Gasteiger partial charge is 0.490 e. The molecule has 4 aromatic rings. The monoisotopic (exact) mass is 1470 g/mol. The molecule has 0 aliphatic carbocycles. The van der Waals surface area contributed by atoms with Crippen LogP contribution in [0.2, 0.25) is 0 Å². The van der Waals surface area contributed by atoms with E-state index in [9.17, 15) is 9.59 Å². The lowest BCUT2D eigenvalue weighted by molar-refractivity contribution is -0.139. The molecule has 16 heteroatoms. The van der Waals surface area contributed by atoms with Crippen molar-refractivity contribution in [3.63, 3.8) is 0 Å². The molecule has 0 atom stereocenters. The van der Waals surface area contributed by atoms with Gasteiger partial charge in [0, 0.05) is 22.5 Å². The highest BCUT2D eigenvalue weighted by Crippen LogP contribution is 2.46. The summed E-state index contributed by atoms with van der Waals surface area (Å²) < 4.78 is 132. The lowest BCUT2D eigenvalue weighted by Gasteiger charge is -2.21. The molecule has 104 heavy (non-hydrogen) atoms. The Morgan fingerprint density at radius 1 is 0.269 bits per heavy atom. The maximum atomic E-state index is 15.5. The number of hydrogen-bond donors (Lipinski definition) is 2. The van der Waals surface area contributed by atoms with Gasteiger partial charge < -0.3 is 39.1 Å². The maximum Gasteiger partial charge on any atom is 0.417 e. The highest BCUT2D eigenvalue weighted by atomic mass is 19.4. The Hall–Kier alpha value is -5.80. The van der Waals surface area contributed by atoms with Crippen LogP contribution < -0.4 is 39.1 Å². The highest BCUT2D eigenvalue weighted by molar-refractivity contribution is 6.06. The van der Waals surface area contributed by atoms with Crippen LogP contribution in [0.3, 0.4) is 0 Å². The fraction of sp³-hybridized carbons (Fsp3) is 0.705. The number of halogens is 6. The molecule has 0 spiro atoms. The van der Waals surface area contributed by atoms with Crippen LogP contribution in [0.5, 0.6) is 34.5 Å². The number of alkyl halides is 6. The molecule has 0 radical (unpaired) electrons. The summed E-state index contributed by atoms with van der Waals surface area (Å²) >= 11 is 0. The Labute approximate surface area is 625 Å². The van der Waals surface area contributed by atoms with Gasteiger partial charge in [0.05, 0.1) is 50.8 Å². The van der Waals surface area contributed by atoms with Gasteiger partial charge in [0.15, 0.2) is 23.0 Å². The van der Waals surface area contributed by atoms with Crippen molar-refractivity contribution in [1.29, 1.82) is 0 Å². The Bertz CT molecular complexity index is 2600. The van der Waals surface area contributed by atoms with Crippen LogP contribution in [0.4, 0.5) is 37.7 Å². The molecular weight excluding hydrogens is 1330 g/mol. The minimum atomic E-state index is -5.18. The number of rotatable bonds is 65. The standard InChI is InChI=1S/C88H138F6N2O8/c1-7-13-19-25-31-37-43-49-59-99-79-65-71(66-80(100-60-50-44-38-32-26-20-14-8-2)83(79)103-63-53-47-41-35-29-23-17-11-5)85(97)95-73-55-57-75(77(69-73)87(89,90)91)76-58-56-74(70-78(76)88(92,93)94)96-86(98)72-67-81(101-61-51-45-39-33-27-21-15-9-3)84(104-64-54-48-42-36-30-24-18-12-6)82(68-72)102-62-52-46-40-34-28-22-16-10-4/h55-58,65-70H,7-54,59-64H2,1-6H3,(H,95,97)(H,96,98). The van der Waals surface area contributed by atoms with E-state index in [4.69, 9.17) is 28.4 Å².